The maximum absolute atomic E-state index is 13.5. The first-order chi connectivity index (χ1) is 23.0. The van der Waals surface area contributed by atoms with Gasteiger partial charge in [-0.25, -0.2) is 0 Å². The minimum Gasteiger partial charge on any atom is -0.469 e. The van der Waals surface area contributed by atoms with E-state index in [1.807, 2.05) is 91.0 Å². The Kier molecular flexibility index (Phi) is 12.9. The lowest BCUT2D eigenvalue weighted by Gasteiger charge is -2.49. The van der Waals surface area contributed by atoms with E-state index >= 15 is 0 Å². The maximum atomic E-state index is 13.5. The summed E-state index contributed by atoms with van der Waals surface area (Å²) in [6.45, 7) is 0.639. The van der Waals surface area contributed by atoms with Gasteiger partial charge in [-0.15, -0.1) is 0 Å². The molecule has 0 amide bonds. The lowest BCUT2D eigenvalue weighted by molar-refractivity contribution is -0.628. The van der Waals surface area contributed by atoms with E-state index < -0.39 is 36.1 Å². The number of rotatable bonds is 16. The summed E-state index contributed by atoms with van der Waals surface area (Å²) in [5.41, 5.74) is 0.722. The fourth-order valence-electron chi connectivity index (χ4n) is 6.40. The Morgan fingerprint density at radius 2 is 1.38 bits per heavy atom. The van der Waals surface area contributed by atoms with Gasteiger partial charge in [0.2, 0.25) is 6.29 Å². The van der Waals surface area contributed by atoms with Gasteiger partial charge >= 0.3 is 11.5 Å². The van der Waals surface area contributed by atoms with Gasteiger partial charge in [0.15, 0.2) is 6.10 Å². The Hall–Kier alpha value is -3.67. The van der Waals surface area contributed by atoms with Crippen molar-refractivity contribution in [3.63, 3.8) is 0 Å². The monoisotopic (exact) mass is 647 g/mol. The van der Waals surface area contributed by atoms with Crippen LogP contribution in [0.1, 0.15) is 61.6 Å². The molecule has 3 aromatic rings. The van der Waals surface area contributed by atoms with Crippen LogP contribution in [0.25, 0.3) is 0 Å². The van der Waals surface area contributed by atoms with E-state index in [0.29, 0.717) is 6.61 Å². The number of nitrogens with zero attached hydrogens (tertiary/aromatic N) is 1. The highest BCUT2D eigenvalue weighted by Crippen LogP contribution is 2.42. The topological polar surface area (TPSA) is 116 Å². The molecule has 0 radical (unpaired) electrons. The minimum atomic E-state index is -1.99. The number of carbonyl (C=O) groups excluding carboxylic acids is 1. The van der Waals surface area contributed by atoms with E-state index in [0.717, 1.165) is 48.8 Å². The van der Waals surface area contributed by atoms with Crippen molar-refractivity contribution >= 4 is 5.97 Å². The second kappa shape index (κ2) is 17.5. The fourth-order valence-corrected chi connectivity index (χ4v) is 6.40. The molecule has 3 aromatic carbocycles. The van der Waals surface area contributed by atoms with Gasteiger partial charge in [-0.1, -0.05) is 110 Å². The third-order valence-electron chi connectivity index (χ3n) is 8.98. The van der Waals surface area contributed by atoms with Crippen LogP contribution in [0.5, 0.6) is 0 Å². The van der Waals surface area contributed by atoms with Crippen molar-refractivity contribution < 1.29 is 38.1 Å². The molecule has 0 N–H and O–H groups in total. The lowest BCUT2D eigenvalue weighted by atomic mass is 9.79. The largest absolute Gasteiger partial charge is 0.469 e. The zero-order valence-electron chi connectivity index (χ0n) is 26.9. The van der Waals surface area contributed by atoms with Crippen molar-refractivity contribution in [3.05, 3.63) is 118 Å². The third kappa shape index (κ3) is 9.24. The Morgan fingerprint density at radius 3 is 1.94 bits per heavy atom. The second-order valence-corrected chi connectivity index (χ2v) is 12.2. The number of hydrogen-bond acceptors (Lipinski definition) is 9. The minimum absolute atomic E-state index is 0.0782. The van der Waals surface area contributed by atoms with Crippen LogP contribution in [0.2, 0.25) is 0 Å². The summed E-state index contributed by atoms with van der Waals surface area (Å²) in [6.07, 6.45) is -0.345. The molecule has 1 saturated carbocycles. The standard InChI is InChI=1S/C37H45NO9/c1-42-33(39)22-23-37(38(40)41)35(45-26-30-18-10-4-11-19-30)34(44-25-29-16-8-3-9-17-29)32(27-43-24-28-14-6-2-7-15-28)47-36(37)46-31-20-12-5-13-21-31/h2-4,6-11,14-19,31-32,34-36H,5,12-13,20-27H2,1H3/t32-,34+,35+,36+,37-/m1/s1. The average molecular weight is 648 g/mol. The number of esters is 1. The first kappa shape index (κ1) is 34.7. The molecule has 0 aromatic heterocycles. The van der Waals surface area contributed by atoms with Crippen LogP contribution >= 0.6 is 0 Å². The molecule has 0 bridgehead atoms. The number of ether oxygens (including phenoxy) is 6. The van der Waals surface area contributed by atoms with Crippen molar-refractivity contribution in [1.82, 2.24) is 0 Å². The molecule has 5 atom stereocenters. The van der Waals surface area contributed by atoms with E-state index in [1.54, 1.807) is 0 Å². The number of nitro groups is 1. The van der Waals surface area contributed by atoms with Gasteiger partial charge in [0.1, 0.15) is 12.2 Å². The van der Waals surface area contributed by atoms with Crippen molar-refractivity contribution in [2.45, 2.75) is 101 Å². The molecule has 0 spiro atoms. The second-order valence-electron chi connectivity index (χ2n) is 12.2. The molecule has 252 valence electrons. The summed E-state index contributed by atoms with van der Waals surface area (Å²) < 4.78 is 37.4. The van der Waals surface area contributed by atoms with E-state index in [-0.39, 0.29) is 43.7 Å². The molecular weight excluding hydrogens is 602 g/mol. The van der Waals surface area contributed by atoms with Crippen molar-refractivity contribution in [2.75, 3.05) is 13.7 Å². The molecule has 2 aliphatic rings. The fraction of sp³-hybridized carbons (Fsp3) is 0.486. The quantitative estimate of drug-likeness (QED) is 0.0987. The zero-order chi connectivity index (χ0) is 32.9. The van der Waals surface area contributed by atoms with Crippen LogP contribution in [-0.4, -0.2) is 60.9 Å². The summed E-state index contributed by atoms with van der Waals surface area (Å²) in [6, 6.07) is 28.8. The van der Waals surface area contributed by atoms with Crippen LogP contribution in [0.3, 0.4) is 0 Å². The SMILES string of the molecule is COC(=O)CC[C@]1([N+](=O)[O-])[C@@H](OC2CCCCC2)O[C@H](COCc2ccccc2)[C@H](OCc2ccccc2)[C@@H]1OCc1ccccc1. The zero-order valence-corrected chi connectivity index (χ0v) is 26.9. The molecule has 47 heavy (non-hydrogen) atoms. The Morgan fingerprint density at radius 1 is 0.830 bits per heavy atom. The first-order valence-electron chi connectivity index (χ1n) is 16.4. The number of hydrogen-bond donors (Lipinski definition) is 0. The van der Waals surface area contributed by atoms with Crippen molar-refractivity contribution in [3.8, 4) is 0 Å². The molecular formula is C37H45NO9. The predicted molar refractivity (Wildman–Crippen MR) is 174 cm³/mol. The Bertz CT molecular complexity index is 1370. The molecule has 1 saturated heterocycles. The number of methoxy groups -OCH3 is 1. The molecule has 1 aliphatic carbocycles. The highest BCUT2D eigenvalue weighted by molar-refractivity contribution is 5.69. The van der Waals surface area contributed by atoms with Gasteiger partial charge in [0.05, 0.1) is 46.1 Å². The summed E-state index contributed by atoms with van der Waals surface area (Å²) in [5.74, 6) is -0.570. The van der Waals surface area contributed by atoms with Gasteiger partial charge in [-0.3, -0.25) is 14.9 Å². The van der Waals surface area contributed by atoms with Crippen molar-refractivity contribution in [1.29, 1.82) is 0 Å². The highest BCUT2D eigenvalue weighted by Gasteiger charge is 2.67. The van der Waals surface area contributed by atoms with Crippen LogP contribution in [0.4, 0.5) is 0 Å². The van der Waals surface area contributed by atoms with Gasteiger partial charge in [0, 0.05) is 11.3 Å². The van der Waals surface area contributed by atoms with Gasteiger partial charge < -0.3 is 28.4 Å². The highest BCUT2D eigenvalue weighted by atomic mass is 16.7. The van der Waals surface area contributed by atoms with Crippen LogP contribution < -0.4 is 0 Å². The Balaban J connectivity index is 1.53. The summed E-state index contributed by atoms with van der Waals surface area (Å²) in [7, 11) is 1.27. The maximum Gasteiger partial charge on any atom is 0.305 e. The molecule has 0 unspecified atom stereocenters. The van der Waals surface area contributed by atoms with Crippen LogP contribution in [0, 0.1) is 10.1 Å². The molecule has 5 rings (SSSR count). The van der Waals surface area contributed by atoms with E-state index in [1.165, 1.54) is 7.11 Å². The lowest BCUT2D eigenvalue weighted by Crippen LogP contribution is -2.72. The first-order valence-corrected chi connectivity index (χ1v) is 16.4. The molecule has 10 heteroatoms. The molecule has 2 fully saturated rings. The molecule has 10 nitrogen and oxygen atoms in total. The van der Waals surface area contributed by atoms with E-state index in [4.69, 9.17) is 28.4 Å². The van der Waals surface area contributed by atoms with Crippen molar-refractivity contribution in [2.24, 2.45) is 0 Å². The normalized spacial score (nSPS) is 24.9. The van der Waals surface area contributed by atoms with Gasteiger partial charge in [0.25, 0.3) is 0 Å². The summed E-state index contributed by atoms with van der Waals surface area (Å²) in [5, 5.41) is 13.5. The van der Waals surface area contributed by atoms with E-state index in [9.17, 15) is 14.9 Å². The van der Waals surface area contributed by atoms with E-state index in [2.05, 4.69) is 0 Å². The molecule has 1 heterocycles. The smallest absolute Gasteiger partial charge is 0.305 e. The summed E-state index contributed by atoms with van der Waals surface area (Å²) >= 11 is 0. The van der Waals surface area contributed by atoms with Gasteiger partial charge in [-0.05, 0) is 29.5 Å². The predicted octanol–water partition coefficient (Wildman–Crippen LogP) is 6.42. The molecule has 1 aliphatic heterocycles. The Labute approximate surface area is 276 Å². The average Bonchev–Trinajstić information content (AvgIpc) is 3.11. The van der Waals surface area contributed by atoms with Crippen LogP contribution in [0.15, 0.2) is 91.0 Å². The van der Waals surface area contributed by atoms with Gasteiger partial charge in [-0.2, -0.15) is 0 Å². The number of benzene rings is 3. The third-order valence-corrected chi connectivity index (χ3v) is 8.98. The summed E-state index contributed by atoms with van der Waals surface area (Å²) in [4.78, 5) is 25.6. The number of carbonyl (C=O) groups is 1. The van der Waals surface area contributed by atoms with Crippen LogP contribution in [-0.2, 0) is 53.0 Å².